The molecular weight excluding hydrogens is 326 g/mol. The van der Waals surface area contributed by atoms with Crippen molar-refractivity contribution >= 4 is 38.2 Å². The molecule has 3 rings (SSSR count). The first kappa shape index (κ1) is 13.9. The van der Waals surface area contributed by atoms with Crippen molar-refractivity contribution in [3.8, 4) is 0 Å². The van der Waals surface area contributed by atoms with Crippen molar-refractivity contribution in [3.63, 3.8) is 0 Å². The van der Waals surface area contributed by atoms with Crippen molar-refractivity contribution in [2.75, 3.05) is 11.1 Å². The summed E-state index contributed by atoms with van der Waals surface area (Å²) in [6.07, 6.45) is 1.70. The zero-order valence-corrected chi connectivity index (χ0v) is 13.3. The van der Waals surface area contributed by atoms with Gasteiger partial charge in [0.1, 0.15) is 0 Å². The standard InChI is InChI=1S/C17H16BrN3/c1-11(12-5-3-2-4-6-12)21-17-14-9-13(18)7-8-16(14)20-10-15(17)19/h2-11H,19H2,1H3,(H,20,21). The predicted molar refractivity (Wildman–Crippen MR) is 92.3 cm³/mol. The van der Waals surface area contributed by atoms with E-state index in [-0.39, 0.29) is 6.04 Å². The zero-order chi connectivity index (χ0) is 14.8. The molecule has 3 N–H and O–H groups in total. The maximum atomic E-state index is 6.12. The molecule has 0 aliphatic carbocycles. The molecule has 0 radical (unpaired) electrons. The molecule has 3 nitrogen and oxygen atoms in total. The quantitative estimate of drug-likeness (QED) is 0.722. The van der Waals surface area contributed by atoms with Crippen molar-refractivity contribution in [2.24, 2.45) is 0 Å². The summed E-state index contributed by atoms with van der Waals surface area (Å²) in [5.41, 5.74) is 9.85. The van der Waals surface area contributed by atoms with Gasteiger partial charge in [0, 0.05) is 15.9 Å². The number of benzene rings is 2. The Labute approximate surface area is 132 Å². The van der Waals surface area contributed by atoms with Crippen molar-refractivity contribution in [1.82, 2.24) is 4.98 Å². The zero-order valence-electron chi connectivity index (χ0n) is 11.7. The number of nitrogens with zero attached hydrogens (tertiary/aromatic N) is 1. The van der Waals surface area contributed by atoms with Gasteiger partial charge in [0.25, 0.3) is 0 Å². The van der Waals surface area contributed by atoms with Crippen LogP contribution in [0.15, 0.2) is 59.2 Å². The highest BCUT2D eigenvalue weighted by atomic mass is 79.9. The van der Waals surface area contributed by atoms with Gasteiger partial charge in [-0.05, 0) is 30.7 Å². The van der Waals surface area contributed by atoms with Crippen molar-refractivity contribution in [1.29, 1.82) is 0 Å². The number of pyridine rings is 1. The van der Waals surface area contributed by atoms with Gasteiger partial charge in [0.2, 0.25) is 0 Å². The highest BCUT2D eigenvalue weighted by Gasteiger charge is 2.11. The number of hydrogen-bond donors (Lipinski definition) is 2. The molecule has 0 fully saturated rings. The molecule has 1 aromatic heterocycles. The lowest BCUT2D eigenvalue weighted by atomic mass is 10.1. The van der Waals surface area contributed by atoms with E-state index in [1.54, 1.807) is 6.20 Å². The van der Waals surface area contributed by atoms with Gasteiger partial charge in [-0.3, -0.25) is 4.98 Å². The Bertz CT molecular complexity index is 766. The monoisotopic (exact) mass is 341 g/mol. The fourth-order valence-corrected chi connectivity index (χ4v) is 2.74. The third-order valence-corrected chi connectivity index (χ3v) is 4.01. The van der Waals surface area contributed by atoms with Gasteiger partial charge in [-0.2, -0.15) is 0 Å². The summed E-state index contributed by atoms with van der Waals surface area (Å²) in [6.45, 7) is 2.12. The van der Waals surface area contributed by atoms with E-state index in [0.717, 1.165) is 21.1 Å². The SMILES string of the molecule is CC(Nc1c(N)cnc2ccc(Br)cc12)c1ccccc1. The number of rotatable bonds is 3. The lowest BCUT2D eigenvalue weighted by Crippen LogP contribution is -2.09. The molecule has 0 amide bonds. The van der Waals surface area contributed by atoms with E-state index in [2.05, 4.69) is 45.3 Å². The van der Waals surface area contributed by atoms with Crippen LogP contribution in [-0.2, 0) is 0 Å². The number of hydrogen-bond acceptors (Lipinski definition) is 3. The number of aromatic nitrogens is 1. The van der Waals surface area contributed by atoms with E-state index in [1.807, 2.05) is 36.4 Å². The van der Waals surface area contributed by atoms with Crippen LogP contribution in [0.4, 0.5) is 11.4 Å². The minimum Gasteiger partial charge on any atom is -0.396 e. The molecule has 106 valence electrons. The minimum atomic E-state index is 0.165. The minimum absolute atomic E-state index is 0.165. The normalized spacial score (nSPS) is 12.3. The van der Waals surface area contributed by atoms with E-state index >= 15 is 0 Å². The molecule has 0 aliphatic rings. The van der Waals surface area contributed by atoms with Crippen LogP contribution >= 0.6 is 15.9 Å². The predicted octanol–water partition coefficient (Wildman–Crippen LogP) is 4.75. The average Bonchev–Trinajstić information content (AvgIpc) is 2.51. The molecule has 21 heavy (non-hydrogen) atoms. The maximum Gasteiger partial charge on any atom is 0.0743 e. The summed E-state index contributed by atoms with van der Waals surface area (Å²) in [6, 6.07) is 16.5. The van der Waals surface area contributed by atoms with Gasteiger partial charge < -0.3 is 11.1 Å². The smallest absolute Gasteiger partial charge is 0.0743 e. The first-order chi connectivity index (χ1) is 10.1. The molecule has 0 bridgehead atoms. The second-order valence-electron chi connectivity index (χ2n) is 5.03. The summed E-state index contributed by atoms with van der Waals surface area (Å²) in [7, 11) is 0. The summed E-state index contributed by atoms with van der Waals surface area (Å²) in [5.74, 6) is 0. The molecule has 2 aromatic carbocycles. The Morgan fingerprint density at radius 1 is 1.14 bits per heavy atom. The maximum absolute atomic E-state index is 6.12. The number of nitrogen functional groups attached to an aromatic ring is 1. The van der Waals surface area contributed by atoms with E-state index < -0.39 is 0 Å². The van der Waals surface area contributed by atoms with Crippen LogP contribution in [0.1, 0.15) is 18.5 Å². The van der Waals surface area contributed by atoms with Crippen molar-refractivity contribution in [2.45, 2.75) is 13.0 Å². The molecule has 3 aromatic rings. The van der Waals surface area contributed by atoms with Crippen LogP contribution in [0.3, 0.4) is 0 Å². The number of nitrogens with one attached hydrogen (secondary N) is 1. The van der Waals surface area contributed by atoms with Crippen LogP contribution in [0.25, 0.3) is 10.9 Å². The van der Waals surface area contributed by atoms with Crippen molar-refractivity contribution < 1.29 is 0 Å². The molecular formula is C17H16BrN3. The molecule has 1 heterocycles. The van der Waals surface area contributed by atoms with Crippen LogP contribution < -0.4 is 11.1 Å². The van der Waals surface area contributed by atoms with Crippen LogP contribution in [-0.4, -0.2) is 4.98 Å². The van der Waals surface area contributed by atoms with Gasteiger partial charge >= 0.3 is 0 Å². The lowest BCUT2D eigenvalue weighted by molar-refractivity contribution is 0.887. The number of fused-ring (bicyclic) bond motifs is 1. The summed E-state index contributed by atoms with van der Waals surface area (Å²) in [4.78, 5) is 4.38. The highest BCUT2D eigenvalue weighted by Crippen LogP contribution is 2.32. The molecule has 0 aliphatic heterocycles. The summed E-state index contributed by atoms with van der Waals surface area (Å²) < 4.78 is 1.01. The summed E-state index contributed by atoms with van der Waals surface area (Å²) >= 11 is 3.51. The molecule has 0 saturated heterocycles. The molecule has 1 unspecified atom stereocenters. The lowest BCUT2D eigenvalue weighted by Gasteiger charge is -2.19. The number of nitrogens with two attached hydrogens (primary N) is 1. The van der Waals surface area contributed by atoms with Crippen molar-refractivity contribution in [3.05, 3.63) is 64.8 Å². The fraction of sp³-hybridized carbons (Fsp3) is 0.118. The fourth-order valence-electron chi connectivity index (χ4n) is 2.38. The third-order valence-electron chi connectivity index (χ3n) is 3.52. The molecule has 1 atom stereocenters. The second-order valence-corrected chi connectivity index (χ2v) is 5.94. The number of anilines is 2. The molecule has 4 heteroatoms. The summed E-state index contributed by atoms with van der Waals surface area (Å²) in [5, 5.41) is 4.53. The third kappa shape index (κ3) is 2.85. The van der Waals surface area contributed by atoms with Gasteiger partial charge in [0.15, 0.2) is 0 Å². The van der Waals surface area contributed by atoms with E-state index in [0.29, 0.717) is 5.69 Å². The average molecular weight is 342 g/mol. The Hall–Kier alpha value is -2.07. The van der Waals surface area contributed by atoms with E-state index in [4.69, 9.17) is 5.73 Å². The van der Waals surface area contributed by atoms with E-state index in [9.17, 15) is 0 Å². The molecule has 0 saturated carbocycles. The van der Waals surface area contributed by atoms with Gasteiger partial charge in [-0.25, -0.2) is 0 Å². The van der Waals surface area contributed by atoms with Crippen LogP contribution in [0.5, 0.6) is 0 Å². The van der Waals surface area contributed by atoms with Gasteiger partial charge in [0.05, 0.1) is 23.1 Å². The Morgan fingerprint density at radius 3 is 2.67 bits per heavy atom. The highest BCUT2D eigenvalue weighted by molar-refractivity contribution is 9.10. The largest absolute Gasteiger partial charge is 0.396 e. The van der Waals surface area contributed by atoms with Crippen LogP contribution in [0.2, 0.25) is 0 Å². The van der Waals surface area contributed by atoms with Crippen LogP contribution in [0, 0.1) is 0 Å². The number of halogens is 1. The first-order valence-electron chi connectivity index (χ1n) is 6.80. The van der Waals surface area contributed by atoms with Gasteiger partial charge in [-0.15, -0.1) is 0 Å². The topological polar surface area (TPSA) is 50.9 Å². The van der Waals surface area contributed by atoms with Gasteiger partial charge in [-0.1, -0.05) is 46.3 Å². The Kier molecular flexibility index (Phi) is 3.80. The Balaban J connectivity index is 2.03. The Morgan fingerprint density at radius 2 is 1.90 bits per heavy atom. The second kappa shape index (κ2) is 5.74. The first-order valence-corrected chi connectivity index (χ1v) is 7.59. The van der Waals surface area contributed by atoms with E-state index in [1.165, 1.54) is 5.56 Å². The molecule has 0 spiro atoms.